The van der Waals surface area contributed by atoms with Gasteiger partial charge in [-0.2, -0.15) is 0 Å². The molecule has 1 N–H and O–H groups in total. The third-order valence-corrected chi connectivity index (χ3v) is 5.33. The predicted octanol–water partition coefficient (Wildman–Crippen LogP) is 4.90. The molecule has 0 amide bonds. The molecule has 0 heterocycles. The van der Waals surface area contributed by atoms with Gasteiger partial charge in [-0.05, 0) is 40.7 Å². The quantitative estimate of drug-likeness (QED) is 0.705. The van der Waals surface area contributed by atoms with Gasteiger partial charge in [0.25, 0.3) is 0 Å². The lowest BCUT2D eigenvalue weighted by Crippen LogP contribution is -2.23. The second-order valence-electron chi connectivity index (χ2n) is 4.59. The minimum atomic E-state index is 0.267. The smallest absolute Gasteiger partial charge is 0.123 e. The van der Waals surface area contributed by atoms with E-state index in [-0.39, 0.29) is 6.04 Å². The van der Waals surface area contributed by atoms with Gasteiger partial charge in [-0.25, -0.2) is 0 Å². The van der Waals surface area contributed by atoms with Crippen molar-refractivity contribution in [2.75, 3.05) is 19.4 Å². The molecule has 0 saturated carbocycles. The van der Waals surface area contributed by atoms with Crippen LogP contribution in [0, 0.1) is 0 Å². The van der Waals surface area contributed by atoms with Gasteiger partial charge >= 0.3 is 0 Å². The van der Waals surface area contributed by atoms with E-state index in [1.165, 1.54) is 10.5 Å². The number of methoxy groups -OCH3 is 1. The Balaban J connectivity index is 2.14. The van der Waals surface area contributed by atoms with Gasteiger partial charge in [0.1, 0.15) is 5.75 Å². The van der Waals surface area contributed by atoms with Crippen molar-refractivity contribution < 1.29 is 4.74 Å². The molecule has 0 fully saturated rings. The lowest BCUT2D eigenvalue weighted by molar-refractivity contribution is 0.403. The van der Waals surface area contributed by atoms with Gasteiger partial charge in [-0.3, -0.25) is 0 Å². The number of rotatable bonds is 7. The summed E-state index contributed by atoms with van der Waals surface area (Å²) in [5, 5.41) is 3.55. The highest BCUT2D eigenvalue weighted by Gasteiger charge is 2.15. The van der Waals surface area contributed by atoms with Crippen LogP contribution in [0.4, 0.5) is 0 Å². The number of para-hydroxylation sites is 1. The summed E-state index contributed by atoms with van der Waals surface area (Å²) in [4.78, 5) is 1.26. The number of benzene rings is 2. The molecule has 0 aliphatic carbocycles. The van der Waals surface area contributed by atoms with Gasteiger partial charge in [-0.15, -0.1) is 11.8 Å². The third kappa shape index (κ3) is 4.50. The largest absolute Gasteiger partial charge is 0.496 e. The monoisotopic (exact) mass is 365 g/mol. The van der Waals surface area contributed by atoms with E-state index < -0.39 is 0 Å². The standard InChI is InChI=1S/C17H20BrNOS/c1-3-19-15(13-8-4-6-10-16(13)20-2)12-21-17-11-7-5-9-14(17)18/h4-11,15,19H,3,12H2,1-2H3. The molecular weight excluding hydrogens is 346 g/mol. The Morgan fingerprint density at radius 3 is 2.57 bits per heavy atom. The van der Waals surface area contributed by atoms with Crippen LogP contribution < -0.4 is 10.1 Å². The van der Waals surface area contributed by atoms with E-state index in [1.807, 2.05) is 30.0 Å². The van der Waals surface area contributed by atoms with Crippen LogP contribution in [0.2, 0.25) is 0 Å². The first-order chi connectivity index (χ1) is 10.3. The highest BCUT2D eigenvalue weighted by molar-refractivity contribution is 9.10. The highest BCUT2D eigenvalue weighted by atomic mass is 79.9. The fraction of sp³-hybridized carbons (Fsp3) is 0.294. The summed E-state index contributed by atoms with van der Waals surface area (Å²) in [7, 11) is 1.72. The zero-order valence-electron chi connectivity index (χ0n) is 12.3. The number of nitrogens with one attached hydrogen (secondary N) is 1. The van der Waals surface area contributed by atoms with E-state index in [4.69, 9.17) is 4.74 Å². The van der Waals surface area contributed by atoms with Gasteiger partial charge in [0.2, 0.25) is 0 Å². The summed E-state index contributed by atoms with van der Waals surface area (Å²) in [6, 6.07) is 16.8. The second kappa shape index (κ2) is 8.47. The Kier molecular flexibility index (Phi) is 6.61. The van der Waals surface area contributed by atoms with Crippen molar-refractivity contribution in [2.45, 2.75) is 17.9 Å². The summed E-state index contributed by atoms with van der Waals surface area (Å²) in [5.41, 5.74) is 1.21. The number of ether oxygens (including phenoxy) is 1. The molecule has 112 valence electrons. The van der Waals surface area contributed by atoms with Gasteiger partial charge in [-0.1, -0.05) is 37.3 Å². The molecular formula is C17H20BrNOS. The van der Waals surface area contributed by atoms with Crippen molar-refractivity contribution in [3.8, 4) is 5.75 Å². The van der Waals surface area contributed by atoms with E-state index in [0.717, 1.165) is 22.5 Å². The molecule has 0 aliphatic heterocycles. The van der Waals surface area contributed by atoms with Crippen molar-refractivity contribution in [1.82, 2.24) is 5.32 Å². The Labute approximate surface area is 139 Å². The van der Waals surface area contributed by atoms with Crippen molar-refractivity contribution >= 4 is 27.7 Å². The van der Waals surface area contributed by atoms with Crippen LogP contribution in [0.15, 0.2) is 57.9 Å². The van der Waals surface area contributed by atoms with Crippen LogP contribution >= 0.6 is 27.7 Å². The molecule has 4 heteroatoms. The lowest BCUT2D eigenvalue weighted by atomic mass is 10.1. The summed E-state index contributed by atoms with van der Waals surface area (Å²) in [5.74, 6) is 1.90. The Bertz CT molecular complexity index is 576. The van der Waals surface area contributed by atoms with Crippen LogP contribution in [0.3, 0.4) is 0 Å². The predicted molar refractivity (Wildman–Crippen MR) is 94.3 cm³/mol. The topological polar surface area (TPSA) is 21.3 Å². The highest BCUT2D eigenvalue weighted by Crippen LogP contribution is 2.33. The Hall–Kier alpha value is -0.970. The first-order valence-electron chi connectivity index (χ1n) is 7.00. The van der Waals surface area contributed by atoms with Crippen LogP contribution in [0.5, 0.6) is 5.75 Å². The fourth-order valence-electron chi connectivity index (χ4n) is 2.19. The van der Waals surface area contributed by atoms with E-state index in [9.17, 15) is 0 Å². The average molecular weight is 366 g/mol. The van der Waals surface area contributed by atoms with E-state index in [0.29, 0.717) is 0 Å². The summed E-state index contributed by atoms with van der Waals surface area (Å²) in [6.45, 7) is 3.06. The molecule has 0 bridgehead atoms. The molecule has 2 aromatic rings. The van der Waals surface area contributed by atoms with E-state index >= 15 is 0 Å². The molecule has 0 spiro atoms. The minimum Gasteiger partial charge on any atom is -0.496 e. The fourth-order valence-corrected chi connectivity index (χ4v) is 3.85. The van der Waals surface area contributed by atoms with Crippen molar-refractivity contribution in [1.29, 1.82) is 0 Å². The molecule has 0 radical (unpaired) electrons. The van der Waals surface area contributed by atoms with Gasteiger partial charge < -0.3 is 10.1 Å². The summed E-state index contributed by atoms with van der Waals surface area (Å²) < 4.78 is 6.63. The van der Waals surface area contributed by atoms with E-state index in [1.54, 1.807) is 7.11 Å². The maximum absolute atomic E-state index is 5.49. The van der Waals surface area contributed by atoms with Crippen LogP contribution in [0.1, 0.15) is 18.5 Å². The van der Waals surface area contributed by atoms with Crippen molar-refractivity contribution in [3.63, 3.8) is 0 Å². The maximum Gasteiger partial charge on any atom is 0.123 e. The van der Waals surface area contributed by atoms with Gasteiger partial charge in [0, 0.05) is 26.7 Å². The Morgan fingerprint density at radius 2 is 1.86 bits per heavy atom. The zero-order valence-corrected chi connectivity index (χ0v) is 14.7. The molecule has 2 nitrogen and oxygen atoms in total. The first kappa shape index (κ1) is 16.4. The number of thioether (sulfide) groups is 1. The molecule has 1 unspecified atom stereocenters. The molecule has 0 aromatic heterocycles. The molecule has 1 atom stereocenters. The Morgan fingerprint density at radius 1 is 1.14 bits per heavy atom. The maximum atomic E-state index is 5.49. The minimum absolute atomic E-state index is 0.267. The lowest BCUT2D eigenvalue weighted by Gasteiger charge is -2.20. The van der Waals surface area contributed by atoms with Gasteiger partial charge in [0.05, 0.1) is 7.11 Å². The third-order valence-electron chi connectivity index (χ3n) is 3.21. The summed E-state index contributed by atoms with van der Waals surface area (Å²) in [6.07, 6.45) is 0. The zero-order chi connectivity index (χ0) is 15.1. The van der Waals surface area contributed by atoms with E-state index in [2.05, 4.69) is 58.5 Å². The van der Waals surface area contributed by atoms with Crippen LogP contribution in [-0.2, 0) is 0 Å². The number of hydrogen-bond acceptors (Lipinski definition) is 3. The van der Waals surface area contributed by atoms with Crippen molar-refractivity contribution in [3.05, 3.63) is 58.6 Å². The number of hydrogen-bond donors (Lipinski definition) is 1. The molecule has 0 saturated heterocycles. The summed E-state index contributed by atoms with van der Waals surface area (Å²) >= 11 is 5.45. The van der Waals surface area contributed by atoms with Gasteiger partial charge in [0.15, 0.2) is 0 Å². The average Bonchev–Trinajstić information content (AvgIpc) is 2.53. The SMILES string of the molecule is CCNC(CSc1ccccc1Br)c1ccccc1OC. The molecule has 2 aromatic carbocycles. The normalized spacial score (nSPS) is 12.1. The van der Waals surface area contributed by atoms with Crippen molar-refractivity contribution in [2.24, 2.45) is 0 Å². The van der Waals surface area contributed by atoms with Crippen LogP contribution in [-0.4, -0.2) is 19.4 Å². The number of halogens is 1. The first-order valence-corrected chi connectivity index (χ1v) is 8.77. The molecule has 2 rings (SSSR count). The molecule has 0 aliphatic rings. The second-order valence-corrected chi connectivity index (χ2v) is 6.51. The van der Waals surface area contributed by atoms with Crippen LogP contribution in [0.25, 0.3) is 0 Å². The molecule has 21 heavy (non-hydrogen) atoms.